The first kappa shape index (κ1) is 25.1. The predicted octanol–water partition coefficient (Wildman–Crippen LogP) is 2.80. The van der Waals surface area contributed by atoms with Crippen LogP contribution in [0.15, 0.2) is 51.7 Å². The van der Waals surface area contributed by atoms with E-state index >= 15 is 0 Å². The number of ether oxygens (including phenoxy) is 3. The van der Waals surface area contributed by atoms with Crippen LogP contribution in [0, 0.1) is 6.92 Å². The molecule has 0 saturated carbocycles. The number of esters is 2. The van der Waals surface area contributed by atoms with Crippen molar-refractivity contribution in [3.05, 3.63) is 75.3 Å². The Morgan fingerprint density at radius 3 is 2.63 bits per heavy atom. The number of amides is 1. The van der Waals surface area contributed by atoms with Crippen LogP contribution in [0.5, 0.6) is 5.75 Å². The van der Waals surface area contributed by atoms with Gasteiger partial charge in [-0.2, -0.15) is 0 Å². The summed E-state index contributed by atoms with van der Waals surface area (Å²) in [5, 5.41) is 1.65. The van der Waals surface area contributed by atoms with E-state index in [1.165, 1.54) is 25.2 Å². The molecule has 10 nitrogen and oxygen atoms in total. The molecule has 3 heterocycles. The number of nitrogens with one attached hydrogen (secondary N) is 1. The number of carbonyl (C=O) groups is 3. The van der Waals surface area contributed by atoms with Crippen molar-refractivity contribution >= 4 is 39.7 Å². The summed E-state index contributed by atoms with van der Waals surface area (Å²) in [6, 6.07) is 11.9. The van der Waals surface area contributed by atoms with Gasteiger partial charge in [0.2, 0.25) is 0 Å². The van der Waals surface area contributed by atoms with Crippen molar-refractivity contribution in [2.75, 3.05) is 20.8 Å². The lowest BCUT2D eigenvalue weighted by molar-refractivity contribution is -0.154. The molecule has 10 heteroatoms. The van der Waals surface area contributed by atoms with Crippen molar-refractivity contribution in [2.24, 2.45) is 0 Å². The largest absolute Gasteiger partial charge is 0.484 e. The predicted molar refractivity (Wildman–Crippen MR) is 137 cm³/mol. The summed E-state index contributed by atoms with van der Waals surface area (Å²) in [6.07, 6.45) is 0.134. The first-order valence-electron chi connectivity index (χ1n) is 12.0. The topological polar surface area (TPSA) is 128 Å². The number of H-pyrrole nitrogens is 1. The molecule has 4 aromatic rings. The van der Waals surface area contributed by atoms with Crippen molar-refractivity contribution in [3.8, 4) is 5.75 Å². The number of carbonyl (C=O) groups excluding carboxylic acids is 3. The monoisotopic (exact) mass is 518 g/mol. The van der Waals surface area contributed by atoms with E-state index in [4.69, 9.17) is 13.9 Å². The first-order chi connectivity index (χ1) is 18.3. The Morgan fingerprint density at radius 2 is 1.87 bits per heavy atom. The van der Waals surface area contributed by atoms with Gasteiger partial charge in [0.05, 0.1) is 32.7 Å². The summed E-state index contributed by atoms with van der Waals surface area (Å²) < 4.78 is 20.8. The quantitative estimate of drug-likeness (QED) is 0.305. The summed E-state index contributed by atoms with van der Waals surface area (Å²) >= 11 is 0. The van der Waals surface area contributed by atoms with Gasteiger partial charge in [0.15, 0.2) is 6.61 Å². The molecule has 1 atom stereocenters. The number of fused-ring (bicyclic) bond motifs is 4. The molecule has 5 rings (SSSR count). The van der Waals surface area contributed by atoms with E-state index in [0.29, 0.717) is 23.1 Å². The minimum absolute atomic E-state index is 0.192. The number of nitrogens with zero attached hydrogens (tertiary/aromatic N) is 1. The first-order valence-corrected chi connectivity index (χ1v) is 12.0. The standard InChI is InChI=1S/C28H26N2O8/c1-15-17-9-8-16(10-24(17)38-27(33)19(15)12-26(32)35-2)37-14-25(31)30-13-22-20(11-23(30)28(34)36-3)18-6-4-5-7-21(18)29-22/h4-10,23,29H,11-14H2,1-3H3. The molecule has 196 valence electrons. The van der Waals surface area contributed by atoms with Gasteiger partial charge in [-0.3, -0.25) is 9.59 Å². The third-order valence-electron chi connectivity index (χ3n) is 6.97. The Hall–Kier alpha value is -4.60. The number of benzene rings is 2. The number of hydrogen-bond donors (Lipinski definition) is 1. The maximum absolute atomic E-state index is 13.2. The van der Waals surface area contributed by atoms with Gasteiger partial charge >= 0.3 is 17.6 Å². The maximum Gasteiger partial charge on any atom is 0.340 e. The molecule has 0 saturated heterocycles. The van der Waals surface area contributed by atoms with Crippen molar-refractivity contribution in [2.45, 2.75) is 32.4 Å². The van der Waals surface area contributed by atoms with Crippen LogP contribution in [0.1, 0.15) is 22.4 Å². The van der Waals surface area contributed by atoms with Crippen LogP contribution in [0.3, 0.4) is 0 Å². The highest BCUT2D eigenvalue weighted by atomic mass is 16.5. The van der Waals surface area contributed by atoms with Gasteiger partial charge in [-0.15, -0.1) is 0 Å². The van der Waals surface area contributed by atoms with Gasteiger partial charge < -0.3 is 28.5 Å². The Kier molecular flexibility index (Phi) is 6.62. The molecular weight excluding hydrogens is 492 g/mol. The summed E-state index contributed by atoms with van der Waals surface area (Å²) in [5.41, 5.74) is 3.25. The van der Waals surface area contributed by atoms with E-state index < -0.39 is 29.5 Å². The summed E-state index contributed by atoms with van der Waals surface area (Å²) in [4.78, 5) is 54.8. The lowest BCUT2D eigenvalue weighted by Gasteiger charge is -2.33. The molecule has 2 aromatic heterocycles. The number of rotatable bonds is 6. The van der Waals surface area contributed by atoms with Gasteiger partial charge in [0, 0.05) is 34.5 Å². The molecule has 0 fully saturated rings. The smallest absolute Gasteiger partial charge is 0.340 e. The second-order valence-electron chi connectivity index (χ2n) is 9.09. The van der Waals surface area contributed by atoms with E-state index in [9.17, 15) is 19.2 Å². The zero-order chi connectivity index (χ0) is 27.0. The summed E-state index contributed by atoms with van der Waals surface area (Å²) in [5.74, 6) is -1.12. The Bertz CT molecular complexity index is 1630. The SMILES string of the molecule is COC(=O)Cc1c(C)c2ccc(OCC(=O)N3Cc4[nH]c5ccccc5c4CC3C(=O)OC)cc2oc1=O. The fraction of sp³-hybridized carbons (Fsp3) is 0.286. The number of aryl methyl sites for hydroxylation is 1. The molecule has 1 aliphatic heterocycles. The molecule has 0 radical (unpaired) electrons. The van der Waals surface area contributed by atoms with E-state index in [1.807, 2.05) is 24.3 Å². The highest BCUT2D eigenvalue weighted by molar-refractivity contribution is 5.90. The molecule has 0 spiro atoms. The van der Waals surface area contributed by atoms with Crippen LogP contribution < -0.4 is 10.4 Å². The van der Waals surface area contributed by atoms with Crippen molar-refractivity contribution in [1.29, 1.82) is 0 Å². The molecular formula is C28H26N2O8. The molecule has 1 N–H and O–H groups in total. The Morgan fingerprint density at radius 1 is 1.08 bits per heavy atom. The minimum Gasteiger partial charge on any atom is -0.484 e. The normalized spacial score (nSPS) is 14.8. The van der Waals surface area contributed by atoms with Crippen molar-refractivity contribution in [3.63, 3.8) is 0 Å². The van der Waals surface area contributed by atoms with E-state index in [1.54, 1.807) is 19.1 Å². The van der Waals surface area contributed by atoms with Crippen LogP contribution in [0.4, 0.5) is 0 Å². The zero-order valence-corrected chi connectivity index (χ0v) is 21.2. The fourth-order valence-electron chi connectivity index (χ4n) is 4.93. The number of methoxy groups -OCH3 is 2. The summed E-state index contributed by atoms with van der Waals surface area (Å²) in [6.45, 7) is 1.60. The lowest BCUT2D eigenvalue weighted by Crippen LogP contribution is -2.50. The Balaban J connectivity index is 1.36. The highest BCUT2D eigenvalue weighted by Crippen LogP contribution is 2.31. The van der Waals surface area contributed by atoms with Crippen LogP contribution in [0.25, 0.3) is 21.9 Å². The van der Waals surface area contributed by atoms with E-state index in [-0.39, 0.29) is 30.7 Å². The molecule has 0 bridgehead atoms. The minimum atomic E-state index is -0.784. The van der Waals surface area contributed by atoms with Gasteiger partial charge in [0.1, 0.15) is 17.4 Å². The number of para-hydroxylation sites is 1. The molecule has 0 aliphatic carbocycles. The highest BCUT2D eigenvalue weighted by Gasteiger charge is 2.37. The Labute approximate surface area is 217 Å². The fourth-order valence-corrected chi connectivity index (χ4v) is 4.93. The number of aromatic nitrogens is 1. The molecule has 1 aliphatic rings. The van der Waals surface area contributed by atoms with Gasteiger partial charge in [-0.1, -0.05) is 18.2 Å². The summed E-state index contributed by atoms with van der Waals surface area (Å²) in [7, 11) is 2.55. The molecule has 1 unspecified atom stereocenters. The van der Waals surface area contributed by atoms with Crippen LogP contribution in [-0.2, 0) is 43.2 Å². The van der Waals surface area contributed by atoms with Gasteiger partial charge in [0.25, 0.3) is 5.91 Å². The maximum atomic E-state index is 13.2. The molecule has 1 amide bonds. The van der Waals surface area contributed by atoms with Crippen molar-refractivity contribution in [1.82, 2.24) is 9.88 Å². The average Bonchev–Trinajstić information content (AvgIpc) is 3.30. The second-order valence-corrected chi connectivity index (χ2v) is 9.09. The van der Waals surface area contributed by atoms with Crippen molar-refractivity contribution < 1.29 is 33.0 Å². The second kappa shape index (κ2) is 10.0. The van der Waals surface area contributed by atoms with Crippen LogP contribution in [-0.4, -0.2) is 54.6 Å². The van der Waals surface area contributed by atoms with E-state index in [2.05, 4.69) is 9.72 Å². The zero-order valence-electron chi connectivity index (χ0n) is 21.2. The van der Waals surface area contributed by atoms with E-state index in [0.717, 1.165) is 22.2 Å². The average molecular weight is 519 g/mol. The lowest BCUT2D eigenvalue weighted by atomic mass is 9.96. The van der Waals surface area contributed by atoms with Crippen LogP contribution in [0.2, 0.25) is 0 Å². The van der Waals surface area contributed by atoms with Crippen LogP contribution >= 0.6 is 0 Å². The number of hydrogen-bond acceptors (Lipinski definition) is 8. The third kappa shape index (κ3) is 4.49. The molecule has 38 heavy (non-hydrogen) atoms. The van der Waals surface area contributed by atoms with Gasteiger partial charge in [-0.05, 0) is 36.2 Å². The molecule has 2 aromatic carbocycles. The third-order valence-corrected chi connectivity index (χ3v) is 6.97. The van der Waals surface area contributed by atoms with Gasteiger partial charge in [-0.25, -0.2) is 9.59 Å². The number of aromatic amines is 1.